The van der Waals surface area contributed by atoms with E-state index in [0.29, 0.717) is 5.41 Å². The maximum atomic E-state index is 3.59. The smallest absolute Gasteiger partial charge is 0.000306 e. The first kappa shape index (κ1) is 11.3. The third-order valence-electron chi connectivity index (χ3n) is 4.69. The molecule has 1 aromatic rings. The fourth-order valence-electron chi connectivity index (χ4n) is 3.60. The summed E-state index contributed by atoms with van der Waals surface area (Å²) < 4.78 is 0. The molecule has 0 saturated heterocycles. The molecule has 1 saturated carbocycles. The molecule has 1 fully saturated rings. The van der Waals surface area contributed by atoms with Gasteiger partial charge in [-0.05, 0) is 62.7 Å². The second-order valence-corrected chi connectivity index (χ2v) is 5.92. The molecule has 2 aliphatic carbocycles. The Kier molecular flexibility index (Phi) is 2.74. The second kappa shape index (κ2) is 4.13. The van der Waals surface area contributed by atoms with Crippen LogP contribution in [0.3, 0.4) is 0 Å². The first-order valence-electron chi connectivity index (χ1n) is 7.07. The monoisotopic (exact) mass is 229 g/mol. The van der Waals surface area contributed by atoms with Crippen molar-refractivity contribution in [2.24, 2.45) is 5.92 Å². The van der Waals surface area contributed by atoms with Crippen LogP contribution in [-0.2, 0) is 11.8 Å². The molecule has 2 atom stereocenters. The van der Waals surface area contributed by atoms with E-state index in [1.165, 1.54) is 44.3 Å². The maximum Gasteiger partial charge on any atom is 0.000306 e. The van der Waals surface area contributed by atoms with Gasteiger partial charge in [0.25, 0.3) is 0 Å². The summed E-state index contributed by atoms with van der Waals surface area (Å²) in [5, 5.41) is 3.59. The van der Waals surface area contributed by atoms with Crippen molar-refractivity contribution in [2.75, 3.05) is 13.1 Å². The van der Waals surface area contributed by atoms with Gasteiger partial charge in [-0.3, -0.25) is 0 Å². The van der Waals surface area contributed by atoms with Crippen molar-refractivity contribution in [1.29, 1.82) is 0 Å². The van der Waals surface area contributed by atoms with Gasteiger partial charge < -0.3 is 5.32 Å². The van der Waals surface area contributed by atoms with Crippen LogP contribution in [0.4, 0.5) is 0 Å². The number of nitrogens with one attached hydrogen (secondary N) is 1. The lowest BCUT2D eigenvalue weighted by Crippen LogP contribution is -2.21. The van der Waals surface area contributed by atoms with E-state index in [0.717, 1.165) is 5.92 Å². The molecule has 0 bridgehead atoms. The molecule has 2 unspecified atom stereocenters. The molecular formula is C16H23N. The number of hydrogen-bond donors (Lipinski definition) is 1. The van der Waals surface area contributed by atoms with Crippen LogP contribution in [0.2, 0.25) is 0 Å². The van der Waals surface area contributed by atoms with Crippen molar-refractivity contribution >= 4 is 0 Å². The summed E-state index contributed by atoms with van der Waals surface area (Å²) in [6, 6.07) is 7.07. The van der Waals surface area contributed by atoms with E-state index in [-0.39, 0.29) is 0 Å². The van der Waals surface area contributed by atoms with Gasteiger partial charge in [-0.25, -0.2) is 0 Å². The van der Waals surface area contributed by atoms with Gasteiger partial charge in [-0.1, -0.05) is 30.7 Å². The molecule has 1 N–H and O–H groups in total. The average Bonchev–Trinajstić information content (AvgIpc) is 2.91. The Morgan fingerprint density at radius 2 is 2.29 bits per heavy atom. The van der Waals surface area contributed by atoms with Gasteiger partial charge in [-0.15, -0.1) is 0 Å². The third-order valence-corrected chi connectivity index (χ3v) is 4.69. The summed E-state index contributed by atoms with van der Waals surface area (Å²) >= 11 is 0. The van der Waals surface area contributed by atoms with E-state index in [4.69, 9.17) is 0 Å². The predicted molar refractivity (Wildman–Crippen MR) is 72.4 cm³/mol. The first-order chi connectivity index (χ1) is 8.26. The zero-order valence-corrected chi connectivity index (χ0v) is 11.1. The van der Waals surface area contributed by atoms with Gasteiger partial charge in [0.2, 0.25) is 0 Å². The van der Waals surface area contributed by atoms with E-state index in [2.05, 4.69) is 37.4 Å². The van der Waals surface area contributed by atoms with Gasteiger partial charge in [0, 0.05) is 5.41 Å². The van der Waals surface area contributed by atoms with E-state index >= 15 is 0 Å². The Morgan fingerprint density at radius 1 is 1.41 bits per heavy atom. The van der Waals surface area contributed by atoms with Crippen LogP contribution in [-0.4, -0.2) is 13.1 Å². The molecule has 1 nitrogen and oxygen atoms in total. The highest BCUT2D eigenvalue weighted by atomic mass is 14.9. The van der Waals surface area contributed by atoms with Crippen molar-refractivity contribution in [2.45, 2.75) is 44.9 Å². The van der Waals surface area contributed by atoms with Crippen LogP contribution in [0, 0.1) is 12.8 Å². The zero-order chi connectivity index (χ0) is 11.9. The average molecular weight is 229 g/mol. The maximum absolute atomic E-state index is 3.59. The summed E-state index contributed by atoms with van der Waals surface area (Å²) in [5.74, 6) is 0.900. The highest BCUT2D eigenvalue weighted by molar-refractivity contribution is 5.46. The molecule has 1 spiro atoms. The standard InChI is InChI=1S/C16H23N/c1-3-8-17-11-14-10-16(14)7-6-13-5-4-12(2)9-15(13)16/h4-5,9,14,17H,3,6-8,10-11H2,1-2H3. The second-order valence-electron chi connectivity index (χ2n) is 5.92. The van der Waals surface area contributed by atoms with Crippen molar-refractivity contribution in [3.63, 3.8) is 0 Å². The van der Waals surface area contributed by atoms with Crippen molar-refractivity contribution in [3.05, 3.63) is 34.9 Å². The summed E-state index contributed by atoms with van der Waals surface area (Å²) in [6.07, 6.45) is 5.36. The Labute approximate surface area is 105 Å². The van der Waals surface area contributed by atoms with Crippen LogP contribution in [0.15, 0.2) is 18.2 Å². The molecule has 2 aliphatic rings. The molecular weight excluding hydrogens is 206 g/mol. The quantitative estimate of drug-likeness (QED) is 0.782. The zero-order valence-electron chi connectivity index (χ0n) is 11.1. The lowest BCUT2D eigenvalue weighted by molar-refractivity contribution is 0.546. The Bertz CT molecular complexity index is 424. The minimum absolute atomic E-state index is 0.572. The Morgan fingerprint density at radius 3 is 3.12 bits per heavy atom. The minimum Gasteiger partial charge on any atom is -0.316 e. The van der Waals surface area contributed by atoms with Crippen molar-refractivity contribution < 1.29 is 0 Å². The van der Waals surface area contributed by atoms with E-state index in [9.17, 15) is 0 Å². The number of fused-ring (bicyclic) bond motifs is 2. The minimum atomic E-state index is 0.572. The van der Waals surface area contributed by atoms with Crippen LogP contribution in [0.5, 0.6) is 0 Å². The Hall–Kier alpha value is -0.820. The summed E-state index contributed by atoms with van der Waals surface area (Å²) in [6.45, 7) is 6.86. The van der Waals surface area contributed by atoms with Crippen LogP contribution < -0.4 is 5.32 Å². The fraction of sp³-hybridized carbons (Fsp3) is 0.625. The summed E-state index contributed by atoms with van der Waals surface area (Å²) in [5.41, 5.74) is 5.30. The van der Waals surface area contributed by atoms with Crippen molar-refractivity contribution in [3.8, 4) is 0 Å². The summed E-state index contributed by atoms with van der Waals surface area (Å²) in [7, 11) is 0. The van der Waals surface area contributed by atoms with E-state index in [1.54, 1.807) is 11.1 Å². The largest absolute Gasteiger partial charge is 0.316 e. The highest BCUT2D eigenvalue weighted by Gasteiger charge is 2.57. The molecule has 0 heterocycles. The normalized spacial score (nSPS) is 29.6. The first-order valence-corrected chi connectivity index (χ1v) is 7.07. The number of rotatable bonds is 4. The third kappa shape index (κ3) is 1.81. The molecule has 92 valence electrons. The number of benzene rings is 1. The van der Waals surface area contributed by atoms with Gasteiger partial charge in [0.15, 0.2) is 0 Å². The molecule has 3 rings (SSSR count). The SMILES string of the molecule is CCCNCC1CC12CCc1ccc(C)cc12. The summed E-state index contributed by atoms with van der Waals surface area (Å²) in [4.78, 5) is 0. The van der Waals surface area contributed by atoms with E-state index in [1.807, 2.05) is 0 Å². The molecule has 0 amide bonds. The van der Waals surface area contributed by atoms with Crippen LogP contribution >= 0.6 is 0 Å². The Balaban J connectivity index is 1.74. The van der Waals surface area contributed by atoms with Crippen molar-refractivity contribution in [1.82, 2.24) is 5.32 Å². The lowest BCUT2D eigenvalue weighted by Gasteiger charge is -2.12. The molecule has 0 aromatic heterocycles. The lowest BCUT2D eigenvalue weighted by atomic mass is 9.94. The van der Waals surface area contributed by atoms with Crippen LogP contribution in [0.1, 0.15) is 42.9 Å². The van der Waals surface area contributed by atoms with Gasteiger partial charge in [0.1, 0.15) is 0 Å². The highest BCUT2D eigenvalue weighted by Crippen LogP contribution is 2.61. The fourth-order valence-corrected chi connectivity index (χ4v) is 3.60. The number of aryl methyl sites for hydroxylation is 2. The topological polar surface area (TPSA) is 12.0 Å². The predicted octanol–water partition coefficient (Wildman–Crippen LogP) is 3.20. The van der Waals surface area contributed by atoms with Crippen LogP contribution in [0.25, 0.3) is 0 Å². The van der Waals surface area contributed by atoms with Gasteiger partial charge in [-0.2, -0.15) is 0 Å². The number of hydrogen-bond acceptors (Lipinski definition) is 1. The molecule has 0 aliphatic heterocycles. The molecule has 1 heteroatoms. The molecule has 17 heavy (non-hydrogen) atoms. The molecule has 0 radical (unpaired) electrons. The van der Waals surface area contributed by atoms with E-state index < -0.39 is 0 Å². The van der Waals surface area contributed by atoms with Gasteiger partial charge >= 0.3 is 0 Å². The molecule has 1 aromatic carbocycles. The van der Waals surface area contributed by atoms with Gasteiger partial charge in [0.05, 0.1) is 0 Å².